The van der Waals surface area contributed by atoms with Crippen molar-refractivity contribution in [1.29, 1.82) is 0 Å². The van der Waals surface area contributed by atoms with Gasteiger partial charge < -0.3 is 19.7 Å². The smallest absolute Gasteiger partial charge is 0.317 e. The van der Waals surface area contributed by atoms with Crippen LogP contribution >= 0.6 is 0 Å². The molecule has 0 aromatic heterocycles. The van der Waals surface area contributed by atoms with Crippen molar-refractivity contribution in [2.75, 3.05) is 26.3 Å². The normalized spacial score (nSPS) is 23.1. The van der Waals surface area contributed by atoms with Crippen LogP contribution in [0.15, 0.2) is 48.5 Å². The second-order valence-electron chi connectivity index (χ2n) is 8.43. The first-order chi connectivity index (χ1) is 14.2. The summed E-state index contributed by atoms with van der Waals surface area (Å²) >= 11 is 0. The van der Waals surface area contributed by atoms with Crippen molar-refractivity contribution in [3.05, 3.63) is 65.2 Å². The van der Waals surface area contributed by atoms with Crippen LogP contribution in [0, 0.1) is 0 Å². The number of hydrogen-bond donors (Lipinski definition) is 1. The van der Waals surface area contributed by atoms with E-state index in [1.165, 1.54) is 16.7 Å². The third kappa shape index (κ3) is 3.27. The Morgan fingerprint density at radius 3 is 2.76 bits per heavy atom. The van der Waals surface area contributed by atoms with Crippen LogP contribution in [-0.4, -0.2) is 43.3 Å². The zero-order valence-electron chi connectivity index (χ0n) is 16.9. The highest BCUT2D eigenvalue weighted by molar-refractivity contribution is 5.75. The Hall–Kier alpha value is -2.53. The van der Waals surface area contributed by atoms with Gasteiger partial charge in [0.2, 0.25) is 0 Å². The lowest BCUT2D eigenvalue weighted by atomic mass is 9.79. The van der Waals surface area contributed by atoms with Gasteiger partial charge in [-0.1, -0.05) is 42.5 Å². The quantitative estimate of drug-likeness (QED) is 0.845. The van der Waals surface area contributed by atoms with Crippen LogP contribution in [0.25, 0.3) is 0 Å². The molecule has 29 heavy (non-hydrogen) atoms. The number of ether oxygens (including phenoxy) is 2. The maximum Gasteiger partial charge on any atom is 0.317 e. The lowest BCUT2D eigenvalue weighted by Crippen LogP contribution is -2.52. The number of para-hydroxylation sites is 1. The number of carbonyl (C=O) groups is 1. The maximum absolute atomic E-state index is 12.9. The Bertz CT molecular complexity index is 905. The molecule has 0 bridgehead atoms. The average Bonchev–Trinajstić information content (AvgIpc) is 3.19. The van der Waals surface area contributed by atoms with Crippen molar-refractivity contribution in [2.45, 2.75) is 43.7 Å². The standard InChI is InChI=1S/C24H28N2O3/c1-17(20-16-28-22-9-5-3-7-19(20)22)25-23(27)26-13-11-24(12-14-26)21-8-4-2-6-18(21)10-15-29-24/h2-9,17,20H,10-16H2,1H3,(H,25,27). The van der Waals surface area contributed by atoms with E-state index in [0.29, 0.717) is 19.7 Å². The Morgan fingerprint density at radius 1 is 1.14 bits per heavy atom. The first kappa shape index (κ1) is 18.5. The summed E-state index contributed by atoms with van der Waals surface area (Å²) in [5, 5.41) is 3.21. The minimum absolute atomic E-state index is 0.0147. The van der Waals surface area contributed by atoms with Crippen molar-refractivity contribution < 1.29 is 14.3 Å². The third-order valence-corrected chi connectivity index (χ3v) is 6.81. The molecular formula is C24H28N2O3. The van der Waals surface area contributed by atoms with E-state index < -0.39 is 0 Å². The fourth-order valence-corrected chi connectivity index (χ4v) is 5.09. The van der Waals surface area contributed by atoms with Gasteiger partial charge in [0, 0.05) is 30.6 Å². The van der Waals surface area contributed by atoms with Crippen molar-refractivity contribution in [3.63, 3.8) is 0 Å². The van der Waals surface area contributed by atoms with E-state index in [9.17, 15) is 4.79 Å². The number of benzene rings is 2. The van der Waals surface area contributed by atoms with Crippen LogP contribution < -0.4 is 10.1 Å². The molecule has 2 atom stereocenters. The second kappa shape index (κ2) is 7.38. The average molecular weight is 392 g/mol. The molecule has 3 heterocycles. The van der Waals surface area contributed by atoms with Crippen LogP contribution in [0.1, 0.15) is 42.4 Å². The zero-order chi connectivity index (χ0) is 19.8. The molecule has 2 aromatic carbocycles. The minimum atomic E-state index is -0.227. The summed E-state index contributed by atoms with van der Waals surface area (Å²) in [5.74, 6) is 1.13. The molecule has 2 aromatic rings. The molecule has 1 fully saturated rings. The second-order valence-corrected chi connectivity index (χ2v) is 8.43. The monoisotopic (exact) mass is 392 g/mol. The minimum Gasteiger partial charge on any atom is -0.493 e. The summed E-state index contributed by atoms with van der Waals surface area (Å²) in [6.45, 7) is 4.88. The van der Waals surface area contributed by atoms with E-state index in [4.69, 9.17) is 9.47 Å². The zero-order valence-corrected chi connectivity index (χ0v) is 16.9. The Balaban J connectivity index is 1.23. The van der Waals surface area contributed by atoms with Gasteiger partial charge in [0.25, 0.3) is 0 Å². The molecule has 5 nitrogen and oxygen atoms in total. The Kier molecular flexibility index (Phi) is 4.70. The van der Waals surface area contributed by atoms with Gasteiger partial charge >= 0.3 is 6.03 Å². The molecule has 152 valence electrons. The summed E-state index contributed by atoms with van der Waals surface area (Å²) in [5.41, 5.74) is 3.67. The van der Waals surface area contributed by atoms with Crippen molar-refractivity contribution >= 4 is 6.03 Å². The fraction of sp³-hybridized carbons (Fsp3) is 0.458. The number of piperidine rings is 1. The summed E-state index contributed by atoms with van der Waals surface area (Å²) in [6.07, 6.45) is 2.67. The summed E-state index contributed by atoms with van der Waals surface area (Å²) in [7, 11) is 0. The number of amides is 2. The molecule has 1 saturated heterocycles. The largest absolute Gasteiger partial charge is 0.493 e. The highest BCUT2D eigenvalue weighted by Crippen LogP contribution is 2.41. The van der Waals surface area contributed by atoms with Gasteiger partial charge in [-0.25, -0.2) is 4.79 Å². The molecular weight excluding hydrogens is 364 g/mol. The first-order valence-corrected chi connectivity index (χ1v) is 10.7. The number of fused-ring (bicyclic) bond motifs is 3. The Morgan fingerprint density at radius 2 is 1.90 bits per heavy atom. The van der Waals surface area contributed by atoms with Gasteiger partial charge in [-0.2, -0.15) is 0 Å². The molecule has 0 aliphatic carbocycles. The Labute approximate surface area is 172 Å². The van der Waals surface area contributed by atoms with E-state index >= 15 is 0 Å². The van der Waals surface area contributed by atoms with E-state index in [1.54, 1.807) is 0 Å². The molecule has 2 amide bonds. The number of likely N-dealkylation sites (tertiary alicyclic amines) is 1. The molecule has 2 unspecified atom stereocenters. The molecule has 0 radical (unpaired) electrons. The van der Waals surface area contributed by atoms with E-state index in [-0.39, 0.29) is 23.6 Å². The predicted octanol–water partition coefficient (Wildman–Crippen LogP) is 3.82. The van der Waals surface area contributed by atoms with Gasteiger partial charge in [0.15, 0.2) is 0 Å². The maximum atomic E-state index is 12.9. The van der Waals surface area contributed by atoms with E-state index in [2.05, 4.69) is 42.6 Å². The van der Waals surface area contributed by atoms with Crippen LogP contribution in [0.3, 0.4) is 0 Å². The van der Waals surface area contributed by atoms with Crippen LogP contribution in [-0.2, 0) is 16.8 Å². The molecule has 3 aliphatic rings. The molecule has 0 saturated carbocycles. The van der Waals surface area contributed by atoms with Gasteiger partial charge in [0.05, 0.1) is 18.8 Å². The highest BCUT2D eigenvalue weighted by Gasteiger charge is 2.42. The third-order valence-electron chi connectivity index (χ3n) is 6.81. The van der Waals surface area contributed by atoms with Crippen molar-refractivity contribution in [3.8, 4) is 5.75 Å². The van der Waals surface area contributed by atoms with Gasteiger partial charge in [-0.15, -0.1) is 0 Å². The SMILES string of the molecule is CC(NC(=O)N1CCC2(CC1)OCCc1ccccc12)C1COc2ccccc21. The number of nitrogens with zero attached hydrogens (tertiary/aromatic N) is 1. The number of nitrogens with one attached hydrogen (secondary N) is 1. The summed E-state index contributed by atoms with van der Waals surface area (Å²) in [6, 6.07) is 16.7. The van der Waals surface area contributed by atoms with Crippen molar-refractivity contribution in [2.24, 2.45) is 0 Å². The van der Waals surface area contributed by atoms with Gasteiger partial charge in [0.1, 0.15) is 5.75 Å². The lowest BCUT2D eigenvalue weighted by Gasteiger charge is -2.45. The molecule has 5 rings (SSSR count). The highest BCUT2D eigenvalue weighted by atomic mass is 16.5. The molecule has 1 N–H and O–H groups in total. The van der Waals surface area contributed by atoms with Crippen LogP contribution in [0.5, 0.6) is 5.75 Å². The fourth-order valence-electron chi connectivity index (χ4n) is 5.09. The number of rotatable bonds is 2. The lowest BCUT2D eigenvalue weighted by molar-refractivity contribution is -0.0926. The summed E-state index contributed by atoms with van der Waals surface area (Å²) in [4.78, 5) is 14.9. The topological polar surface area (TPSA) is 50.8 Å². The molecule has 5 heteroatoms. The molecule has 3 aliphatic heterocycles. The number of carbonyl (C=O) groups excluding carboxylic acids is 1. The van der Waals surface area contributed by atoms with E-state index in [0.717, 1.165) is 31.6 Å². The van der Waals surface area contributed by atoms with E-state index in [1.807, 2.05) is 23.1 Å². The molecule has 1 spiro atoms. The summed E-state index contributed by atoms with van der Waals surface area (Å²) < 4.78 is 12.1. The van der Waals surface area contributed by atoms with Gasteiger partial charge in [-0.3, -0.25) is 0 Å². The number of hydrogen-bond acceptors (Lipinski definition) is 3. The van der Waals surface area contributed by atoms with Gasteiger partial charge in [-0.05, 0) is 43.4 Å². The van der Waals surface area contributed by atoms with Crippen LogP contribution in [0.4, 0.5) is 4.79 Å². The van der Waals surface area contributed by atoms with Crippen LogP contribution in [0.2, 0.25) is 0 Å². The number of urea groups is 1. The predicted molar refractivity (Wildman–Crippen MR) is 111 cm³/mol. The first-order valence-electron chi connectivity index (χ1n) is 10.7. The van der Waals surface area contributed by atoms with Crippen molar-refractivity contribution in [1.82, 2.24) is 10.2 Å².